The van der Waals surface area contributed by atoms with E-state index in [4.69, 9.17) is 0 Å². The summed E-state index contributed by atoms with van der Waals surface area (Å²) in [5, 5.41) is 0. The first kappa shape index (κ1) is 17.0. The molecular formula is C21H22OSi. The van der Waals surface area contributed by atoms with Gasteiger partial charge in [-0.05, 0) is 30.7 Å². The molecular weight excluding hydrogens is 296 g/mol. The van der Waals surface area contributed by atoms with Crippen LogP contribution >= 0.6 is 0 Å². The van der Waals surface area contributed by atoms with Crippen LogP contribution < -0.4 is 0 Å². The van der Waals surface area contributed by atoms with Gasteiger partial charge in [-0.15, -0.1) is 5.54 Å². The molecule has 0 fully saturated rings. The third kappa shape index (κ3) is 5.39. The van der Waals surface area contributed by atoms with Gasteiger partial charge >= 0.3 is 0 Å². The minimum atomic E-state index is -1.46. The minimum Gasteiger partial charge on any atom is -0.289 e. The van der Waals surface area contributed by atoms with Crippen molar-refractivity contribution in [1.29, 1.82) is 0 Å². The van der Waals surface area contributed by atoms with Crippen LogP contribution in [0.5, 0.6) is 0 Å². The molecule has 0 saturated heterocycles. The number of carbonyl (C=O) groups is 1. The molecule has 0 bridgehead atoms. The van der Waals surface area contributed by atoms with E-state index in [0.717, 1.165) is 11.1 Å². The van der Waals surface area contributed by atoms with Crippen LogP contribution in [0.1, 0.15) is 27.0 Å². The van der Waals surface area contributed by atoms with Crippen molar-refractivity contribution in [1.82, 2.24) is 0 Å². The zero-order valence-electron chi connectivity index (χ0n) is 14.2. The molecule has 0 aliphatic rings. The fourth-order valence-corrected chi connectivity index (χ4v) is 2.51. The normalized spacial score (nSPS) is 11.1. The molecule has 0 unspecified atom stereocenters. The molecule has 2 aromatic rings. The van der Waals surface area contributed by atoms with Crippen molar-refractivity contribution >= 4 is 19.9 Å². The predicted molar refractivity (Wildman–Crippen MR) is 101 cm³/mol. The fraction of sp³-hybridized carbons (Fsp3) is 0.190. The predicted octanol–water partition coefficient (Wildman–Crippen LogP) is 5.12. The number of hydrogen-bond donors (Lipinski definition) is 0. The third-order valence-corrected chi connectivity index (χ3v) is 4.14. The van der Waals surface area contributed by atoms with Crippen LogP contribution in [0.3, 0.4) is 0 Å². The van der Waals surface area contributed by atoms with Gasteiger partial charge in [-0.1, -0.05) is 73.6 Å². The highest BCUT2D eigenvalue weighted by Gasteiger charge is 2.10. The number of hydrogen-bond acceptors (Lipinski definition) is 1. The third-order valence-electron chi connectivity index (χ3n) is 3.27. The number of allylic oxidation sites excluding steroid dienone is 1. The van der Waals surface area contributed by atoms with Gasteiger partial charge in [0.05, 0.1) is 0 Å². The standard InChI is InChI=1S/C21H22OSi/c1-17-9-11-18(12-10-17)13-14-21(22)20-8-6-5-7-19(20)15-16-23(2,3)4/h5-14H,1-4H3/b14-13+. The summed E-state index contributed by atoms with van der Waals surface area (Å²) in [6.45, 7) is 8.64. The van der Waals surface area contributed by atoms with E-state index in [9.17, 15) is 4.79 Å². The molecule has 0 radical (unpaired) electrons. The summed E-state index contributed by atoms with van der Waals surface area (Å²) in [6, 6.07) is 15.7. The molecule has 0 aliphatic heterocycles. The highest BCUT2D eigenvalue weighted by Crippen LogP contribution is 2.12. The van der Waals surface area contributed by atoms with Gasteiger partial charge in [0, 0.05) is 11.1 Å². The van der Waals surface area contributed by atoms with Crippen molar-refractivity contribution in [2.45, 2.75) is 26.6 Å². The first-order valence-electron chi connectivity index (χ1n) is 7.76. The Hall–Kier alpha value is -2.37. The van der Waals surface area contributed by atoms with Crippen LogP contribution in [-0.2, 0) is 0 Å². The Bertz CT molecular complexity index is 781. The van der Waals surface area contributed by atoms with Gasteiger partial charge in [-0.25, -0.2) is 0 Å². The molecule has 0 spiro atoms. The molecule has 0 saturated carbocycles. The number of aryl methyl sites for hydroxylation is 1. The summed E-state index contributed by atoms with van der Waals surface area (Å²) in [4.78, 5) is 12.5. The smallest absolute Gasteiger partial charge is 0.187 e. The average Bonchev–Trinajstić information content (AvgIpc) is 2.52. The van der Waals surface area contributed by atoms with Crippen molar-refractivity contribution < 1.29 is 4.79 Å². The van der Waals surface area contributed by atoms with E-state index in [1.54, 1.807) is 6.08 Å². The second-order valence-corrected chi connectivity index (χ2v) is 11.4. The number of rotatable bonds is 3. The van der Waals surface area contributed by atoms with Crippen LogP contribution in [0, 0.1) is 18.4 Å². The molecule has 0 N–H and O–H groups in total. The summed E-state index contributed by atoms with van der Waals surface area (Å²) in [5.74, 6) is 3.19. The van der Waals surface area contributed by atoms with Crippen LogP contribution in [0.25, 0.3) is 6.08 Å². The van der Waals surface area contributed by atoms with E-state index in [1.807, 2.05) is 61.5 Å². The molecule has 1 nitrogen and oxygen atoms in total. The van der Waals surface area contributed by atoms with Gasteiger partial charge in [0.1, 0.15) is 8.07 Å². The monoisotopic (exact) mass is 318 g/mol. The van der Waals surface area contributed by atoms with Crippen LogP contribution in [0.2, 0.25) is 19.6 Å². The lowest BCUT2D eigenvalue weighted by Crippen LogP contribution is -2.16. The Morgan fingerprint density at radius 3 is 2.30 bits per heavy atom. The van der Waals surface area contributed by atoms with Gasteiger partial charge in [0.25, 0.3) is 0 Å². The molecule has 0 aromatic heterocycles. The largest absolute Gasteiger partial charge is 0.289 e. The lowest BCUT2D eigenvalue weighted by molar-refractivity contribution is 0.104. The maximum Gasteiger partial charge on any atom is 0.187 e. The first-order valence-corrected chi connectivity index (χ1v) is 11.3. The Kier molecular flexibility index (Phi) is 5.36. The lowest BCUT2D eigenvalue weighted by atomic mass is 10.0. The summed E-state index contributed by atoms with van der Waals surface area (Å²) in [5.41, 5.74) is 7.04. The second-order valence-electron chi connectivity index (χ2n) is 6.65. The highest BCUT2D eigenvalue weighted by molar-refractivity contribution is 6.83. The molecule has 0 atom stereocenters. The zero-order chi connectivity index (χ0) is 16.9. The van der Waals surface area contributed by atoms with Crippen molar-refractivity contribution in [3.63, 3.8) is 0 Å². The van der Waals surface area contributed by atoms with Crippen molar-refractivity contribution in [2.24, 2.45) is 0 Å². The van der Waals surface area contributed by atoms with E-state index < -0.39 is 8.07 Å². The summed E-state index contributed by atoms with van der Waals surface area (Å²) in [6.07, 6.45) is 3.48. The number of carbonyl (C=O) groups excluding carboxylic acids is 1. The van der Waals surface area contributed by atoms with Gasteiger partial charge < -0.3 is 0 Å². The van der Waals surface area contributed by atoms with Gasteiger partial charge in [0.15, 0.2) is 5.78 Å². The highest BCUT2D eigenvalue weighted by atomic mass is 28.3. The SMILES string of the molecule is Cc1ccc(/C=C/C(=O)c2ccccc2C#C[Si](C)(C)C)cc1. The second kappa shape index (κ2) is 7.26. The van der Waals surface area contributed by atoms with Crippen LogP contribution in [0.15, 0.2) is 54.6 Å². The molecule has 116 valence electrons. The Morgan fingerprint density at radius 1 is 1.00 bits per heavy atom. The Morgan fingerprint density at radius 2 is 1.65 bits per heavy atom. The van der Waals surface area contributed by atoms with E-state index >= 15 is 0 Å². The number of ketones is 1. The maximum atomic E-state index is 12.5. The van der Waals surface area contributed by atoms with Gasteiger partial charge in [0.2, 0.25) is 0 Å². The molecule has 0 amide bonds. The summed E-state index contributed by atoms with van der Waals surface area (Å²) in [7, 11) is -1.46. The van der Waals surface area contributed by atoms with E-state index in [1.165, 1.54) is 5.56 Å². The first-order chi connectivity index (χ1) is 10.8. The molecule has 23 heavy (non-hydrogen) atoms. The summed E-state index contributed by atoms with van der Waals surface area (Å²) < 4.78 is 0. The minimum absolute atomic E-state index is 0.00829. The van der Waals surface area contributed by atoms with E-state index in [0.29, 0.717) is 5.56 Å². The maximum absolute atomic E-state index is 12.5. The molecule has 2 heteroatoms. The molecule has 0 aliphatic carbocycles. The topological polar surface area (TPSA) is 17.1 Å². The Balaban J connectivity index is 2.25. The average molecular weight is 318 g/mol. The van der Waals surface area contributed by atoms with E-state index in [2.05, 4.69) is 31.1 Å². The summed E-state index contributed by atoms with van der Waals surface area (Å²) >= 11 is 0. The zero-order valence-corrected chi connectivity index (χ0v) is 15.2. The van der Waals surface area contributed by atoms with Crippen molar-refractivity contribution in [3.05, 3.63) is 76.9 Å². The van der Waals surface area contributed by atoms with Crippen LogP contribution in [-0.4, -0.2) is 13.9 Å². The quantitative estimate of drug-likeness (QED) is 0.332. The van der Waals surface area contributed by atoms with Crippen molar-refractivity contribution in [3.8, 4) is 11.5 Å². The Labute approximate surface area is 140 Å². The molecule has 0 heterocycles. The van der Waals surface area contributed by atoms with Gasteiger partial charge in [-0.2, -0.15) is 0 Å². The van der Waals surface area contributed by atoms with E-state index in [-0.39, 0.29) is 5.78 Å². The van der Waals surface area contributed by atoms with Crippen LogP contribution in [0.4, 0.5) is 0 Å². The fourth-order valence-electron chi connectivity index (χ4n) is 2.00. The van der Waals surface area contributed by atoms with Gasteiger partial charge in [-0.3, -0.25) is 4.79 Å². The lowest BCUT2D eigenvalue weighted by Gasteiger charge is -2.05. The molecule has 2 rings (SSSR count). The number of benzene rings is 2. The molecule has 2 aromatic carbocycles. The van der Waals surface area contributed by atoms with Crippen molar-refractivity contribution in [2.75, 3.05) is 0 Å².